The van der Waals surface area contributed by atoms with E-state index >= 15 is 0 Å². The molecule has 1 N–H and O–H groups in total. The maximum absolute atomic E-state index is 11.9. The van der Waals surface area contributed by atoms with Gasteiger partial charge in [-0.1, -0.05) is 29.3 Å². The monoisotopic (exact) mass is 325 g/mol. The van der Waals surface area contributed by atoms with Crippen LogP contribution in [0.3, 0.4) is 0 Å². The molecule has 0 unspecified atom stereocenters. The molecule has 0 aromatic heterocycles. The van der Waals surface area contributed by atoms with E-state index in [9.17, 15) is 4.79 Å². The lowest BCUT2D eigenvalue weighted by atomic mass is 10.1. The lowest BCUT2D eigenvalue weighted by Gasteiger charge is -2.13. The molecule has 0 spiro atoms. The number of halogens is 4. The number of rotatable bonds is 3. The number of carbonyl (C=O) groups is 1. The number of nitrogens with one attached hydrogen (secondary N) is 1. The summed E-state index contributed by atoms with van der Waals surface area (Å²) in [5.41, 5.74) is 0.0862. The summed E-state index contributed by atoms with van der Waals surface area (Å²) in [4.78, 5) is 11.9. The zero-order chi connectivity index (χ0) is 13.6. The molecule has 0 saturated heterocycles. The van der Waals surface area contributed by atoms with Crippen molar-refractivity contribution in [2.75, 3.05) is 0 Å². The van der Waals surface area contributed by atoms with Gasteiger partial charge in [0.2, 0.25) is 5.91 Å². The Kier molecular flexibility index (Phi) is 3.76. The third-order valence-corrected chi connectivity index (χ3v) is 4.90. The summed E-state index contributed by atoms with van der Waals surface area (Å²) in [6.07, 6.45) is 0.462. The number of hydrogen-bond acceptors (Lipinski definition) is 1. The van der Waals surface area contributed by atoms with Crippen LogP contribution >= 0.6 is 46.4 Å². The number of alkyl halides is 2. The molecule has 2 rings (SSSR count). The Morgan fingerprint density at radius 3 is 2.50 bits per heavy atom. The van der Waals surface area contributed by atoms with Crippen LogP contribution in [0.4, 0.5) is 0 Å². The topological polar surface area (TPSA) is 29.1 Å². The summed E-state index contributed by atoms with van der Waals surface area (Å²) in [6, 6.07) is 5.13. The molecule has 2 nitrogen and oxygen atoms in total. The number of amides is 1. The van der Waals surface area contributed by atoms with Crippen LogP contribution < -0.4 is 5.32 Å². The van der Waals surface area contributed by atoms with Gasteiger partial charge in [0.05, 0.1) is 5.41 Å². The first-order valence-electron chi connectivity index (χ1n) is 5.36. The Bertz CT molecular complexity index is 503. The van der Waals surface area contributed by atoms with Crippen LogP contribution in [0, 0.1) is 5.41 Å². The van der Waals surface area contributed by atoms with E-state index in [0.717, 1.165) is 5.56 Å². The fourth-order valence-electron chi connectivity index (χ4n) is 1.68. The molecular weight excluding hydrogens is 316 g/mol. The molecule has 1 aromatic rings. The maximum Gasteiger partial charge on any atom is 0.229 e. The lowest BCUT2D eigenvalue weighted by Crippen LogP contribution is -2.32. The second kappa shape index (κ2) is 4.75. The van der Waals surface area contributed by atoms with Crippen LogP contribution in [-0.2, 0) is 11.3 Å². The highest BCUT2D eigenvalue weighted by Crippen LogP contribution is 2.63. The molecule has 1 aromatic carbocycles. The van der Waals surface area contributed by atoms with Crippen LogP contribution in [0.25, 0.3) is 0 Å². The third-order valence-electron chi connectivity index (χ3n) is 3.21. The van der Waals surface area contributed by atoms with E-state index in [1.165, 1.54) is 0 Å². The molecule has 1 aliphatic carbocycles. The van der Waals surface area contributed by atoms with Crippen LogP contribution in [0.15, 0.2) is 18.2 Å². The number of hydrogen-bond donors (Lipinski definition) is 1. The van der Waals surface area contributed by atoms with Gasteiger partial charge >= 0.3 is 0 Å². The highest BCUT2D eigenvalue weighted by atomic mass is 35.5. The first-order valence-corrected chi connectivity index (χ1v) is 6.87. The summed E-state index contributed by atoms with van der Waals surface area (Å²) in [5.74, 6) is -0.168. The van der Waals surface area contributed by atoms with Gasteiger partial charge in [-0.05, 0) is 31.0 Å². The number of benzene rings is 1. The summed E-state index contributed by atoms with van der Waals surface area (Å²) in [7, 11) is 0. The van der Waals surface area contributed by atoms with E-state index in [1.54, 1.807) is 25.1 Å². The van der Waals surface area contributed by atoms with E-state index in [-0.39, 0.29) is 5.91 Å². The van der Waals surface area contributed by atoms with Crippen molar-refractivity contribution >= 4 is 52.3 Å². The van der Waals surface area contributed by atoms with Crippen molar-refractivity contribution in [1.29, 1.82) is 0 Å². The fourth-order valence-corrected chi connectivity index (χ4v) is 2.86. The Hall–Kier alpha value is -0.150. The standard InChI is InChI=1S/C12H11Cl4NO/c1-11(6-12(11,15)16)10(18)17-5-7-2-3-8(13)4-9(7)14/h2-4H,5-6H2,1H3,(H,17,18)/t11-/m1/s1. The maximum atomic E-state index is 11.9. The molecule has 1 atom stereocenters. The fraction of sp³-hybridized carbons (Fsp3) is 0.417. The Balaban J connectivity index is 1.99. The zero-order valence-electron chi connectivity index (χ0n) is 9.57. The van der Waals surface area contributed by atoms with Gasteiger partial charge in [-0.15, -0.1) is 23.2 Å². The van der Waals surface area contributed by atoms with Crippen molar-refractivity contribution in [2.24, 2.45) is 5.41 Å². The van der Waals surface area contributed by atoms with Gasteiger partial charge in [-0.25, -0.2) is 0 Å². The van der Waals surface area contributed by atoms with E-state index in [2.05, 4.69) is 5.32 Å². The normalized spacial score (nSPS) is 24.7. The second-order valence-electron chi connectivity index (χ2n) is 4.63. The van der Waals surface area contributed by atoms with E-state index in [4.69, 9.17) is 46.4 Å². The Labute approximate surface area is 126 Å². The average Bonchev–Trinajstić information content (AvgIpc) is 2.78. The predicted octanol–water partition coefficient (Wildman–Crippen LogP) is 4.19. The van der Waals surface area contributed by atoms with Crippen LogP contribution in [0.5, 0.6) is 0 Å². The molecule has 98 valence electrons. The second-order valence-corrected chi connectivity index (χ2v) is 6.96. The largest absolute Gasteiger partial charge is 0.351 e. The number of carbonyl (C=O) groups excluding carboxylic acids is 1. The minimum absolute atomic E-state index is 0.168. The molecule has 1 saturated carbocycles. The van der Waals surface area contributed by atoms with E-state index in [1.807, 2.05) is 0 Å². The van der Waals surface area contributed by atoms with Crippen LogP contribution in [-0.4, -0.2) is 10.2 Å². The average molecular weight is 327 g/mol. The lowest BCUT2D eigenvalue weighted by molar-refractivity contribution is -0.125. The molecule has 0 aliphatic heterocycles. The van der Waals surface area contributed by atoms with Gasteiger partial charge in [-0.3, -0.25) is 4.79 Å². The molecular formula is C12H11Cl4NO. The van der Waals surface area contributed by atoms with Crippen LogP contribution in [0.1, 0.15) is 18.9 Å². The zero-order valence-corrected chi connectivity index (χ0v) is 12.6. The first kappa shape index (κ1) is 14.3. The third kappa shape index (κ3) is 2.57. The van der Waals surface area contributed by atoms with Gasteiger partial charge in [0.25, 0.3) is 0 Å². The smallest absolute Gasteiger partial charge is 0.229 e. The van der Waals surface area contributed by atoms with E-state index in [0.29, 0.717) is 23.0 Å². The molecule has 6 heteroatoms. The predicted molar refractivity (Wildman–Crippen MR) is 75.5 cm³/mol. The Morgan fingerprint density at radius 2 is 2.00 bits per heavy atom. The summed E-state index contributed by atoms with van der Waals surface area (Å²) >= 11 is 23.7. The minimum Gasteiger partial charge on any atom is -0.351 e. The van der Waals surface area contributed by atoms with Crippen molar-refractivity contribution < 1.29 is 4.79 Å². The highest BCUT2D eigenvalue weighted by Gasteiger charge is 2.67. The van der Waals surface area contributed by atoms with Gasteiger partial charge in [0.1, 0.15) is 4.33 Å². The van der Waals surface area contributed by atoms with Crippen LogP contribution in [0.2, 0.25) is 10.0 Å². The molecule has 1 amide bonds. The Morgan fingerprint density at radius 1 is 1.39 bits per heavy atom. The minimum atomic E-state index is -0.957. The van der Waals surface area contributed by atoms with Crippen molar-refractivity contribution in [3.63, 3.8) is 0 Å². The molecule has 1 fully saturated rings. The summed E-state index contributed by atoms with van der Waals surface area (Å²) in [5, 5.41) is 3.86. The molecule has 1 aliphatic rings. The van der Waals surface area contributed by atoms with Gasteiger partial charge in [-0.2, -0.15) is 0 Å². The SMILES string of the molecule is C[C@]1(C(=O)NCc2ccc(Cl)cc2Cl)CC1(Cl)Cl. The molecule has 0 radical (unpaired) electrons. The van der Waals surface area contributed by atoms with Gasteiger partial charge in [0, 0.05) is 16.6 Å². The molecule has 0 bridgehead atoms. The van der Waals surface area contributed by atoms with Crippen molar-refractivity contribution in [2.45, 2.75) is 24.2 Å². The van der Waals surface area contributed by atoms with Crippen molar-refractivity contribution in [3.8, 4) is 0 Å². The van der Waals surface area contributed by atoms with Crippen molar-refractivity contribution in [3.05, 3.63) is 33.8 Å². The van der Waals surface area contributed by atoms with Gasteiger partial charge < -0.3 is 5.32 Å². The first-order chi connectivity index (χ1) is 8.26. The molecule has 18 heavy (non-hydrogen) atoms. The van der Waals surface area contributed by atoms with E-state index < -0.39 is 9.75 Å². The quantitative estimate of drug-likeness (QED) is 0.829. The van der Waals surface area contributed by atoms with Gasteiger partial charge in [0.15, 0.2) is 0 Å². The summed E-state index contributed by atoms with van der Waals surface area (Å²) < 4.78 is -0.957. The molecule has 0 heterocycles. The highest BCUT2D eigenvalue weighted by molar-refractivity contribution is 6.53. The van der Waals surface area contributed by atoms with Crippen molar-refractivity contribution in [1.82, 2.24) is 5.32 Å². The summed E-state index contributed by atoms with van der Waals surface area (Å²) in [6.45, 7) is 2.07.